The van der Waals surface area contributed by atoms with Crippen LogP contribution in [0.2, 0.25) is 0 Å². The smallest absolute Gasteiger partial charge is 0.123 e. The Morgan fingerprint density at radius 3 is 2.56 bits per heavy atom. The first kappa shape index (κ1) is 13.2. The van der Waals surface area contributed by atoms with E-state index in [1.165, 1.54) is 6.07 Å². The fraction of sp³-hybridized carbons (Fsp3) is 0.571. The molecule has 18 heavy (non-hydrogen) atoms. The molecule has 1 saturated heterocycles. The Balaban J connectivity index is 1.91. The van der Waals surface area contributed by atoms with Crippen LogP contribution in [0.5, 0.6) is 11.5 Å². The van der Waals surface area contributed by atoms with Gasteiger partial charge in [-0.1, -0.05) is 6.07 Å². The summed E-state index contributed by atoms with van der Waals surface area (Å²) < 4.78 is 0. The Morgan fingerprint density at radius 2 is 2.00 bits per heavy atom. The van der Waals surface area contributed by atoms with Gasteiger partial charge in [0.05, 0.1) is 0 Å². The number of phenols is 2. The van der Waals surface area contributed by atoms with E-state index in [0.29, 0.717) is 5.92 Å². The SMILES string of the molecule is CC(N)C1CCN(Cc2ccc(O)cc2O)CC1. The molecule has 1 heterocycles. The molecule has 1 atom stereocenters. The van der Waals surface area contributed by atoms with Crippen molar-refractivity contribution in [2.75, 3.05) is 13.1 Å². The quantitative estimate of drug-likeness (QED) is 0.763. The maximum Gasteiger partial charge on any atom is 0.123 e. The summed E-state index contributed by atoms with van der Waals surface area (Å²) in [6, 6.07) is 5.06. The highest BCUT2D eigenvalue weighted by Crippen LogP contribution is 2.26. The van der Waals surface area contributed by atoms with Crippen molar-refractivity contribution in [3.63, 3.8) is 0 Å². The zero-order valence-electron chi connectivity index (χ0n) is 10.8. The second-order valence-electron chi connectivity index (χ2n) is 5.29. The Hall–Kier alpha value is -1.26. The minimum absolute atomic E-state index is 0.104. The number of nitrogens with two attached hydrogens (primary N) is 1. The van der Waals surface area contributed by atoms with Crippen molar-refractivity contribution in [2.45, 2.75) is 32.4 Å². The van der Waals surface area contributed by atoms with Crippen molar-refractivity contribution in [1.29, 1.82) is 0 Å². The van der Waals surface area contributed by atoms with Crippen LogP contribution in [-0.4, -0.2) is 34.2 Å². The first-order valence-corrected chi connectivity index (χ1v) is 6.55. The predicted molar refractivity (Wildman–Crippen MR) is 71.4 cm³/mol. The molecule has 0 radical (unpaired) electrons. The molecule has 0 bridgehead atoms. The van der Waals surface area contributed by atoms with Crippen LogP contribution in [0.3, 0.4) is 0 Å². The maximum absolute atomic E-state index is 9.76. The van der Waals surface area contributed by atoms with Crippen LogP contribution in [0.4, 0.5) is 0 Å². The number of piperidine rings is 1. The van der Waals surface area contributed by atoms with Crippen LogP contribution >= 0.6 is 0 Å². The highest BCUT2D eigenvalue weighted by molar-refractivity contribution is 5.38. The Bertz CT molecular complexity index is 399. The summed E-state index contributed by atoms with van der Waals surface area (Å²) in [7, 11) is 0. The average Bonchev–Trinajstić information content (AvgIpc) is 2.33. The van der Waals surface area contributed by atoms with Crippen LogP contribution in [-0.2, 0) is 6.54 Å². The molecule has 4 heteroatoms. The first-order chi connectivity index (χ1) is 8.56. The molecule has 0 aromatic heterocycles. The lowest BCUT2D eigenvalue weighted by Crippen LogP contribution is -2.39. The molecule has 1 fully saturated rings. The van der Waals surface area contributed by atoms with E-state index >= 15 is 0 Å². The van der Waals surface area contributed by atoms with Gasteiger partial charge >= 0.3 is 0 Å². The van der Waals surface area contributed by atoms with Gasteiger partial charge in [-0.05, 0) is 44.8 Å². The number of benzene rings is 1. The third-order valence-corrected chi connectivity index (χ3v) is 3.84. The summed E-state index contributed by atoms with van der Waals surface area (Å²) in [6.45, 7) is 4.85. The van der Waals surface area contributed by atoms with E-state index in [4.69, 9.17) is 5.73 Å². The van der Waals surface area contributed by atoms with Crippen LogP contribution in [0.1, 0.15) is 25.3 Å². The molecule has 4 nitrogen and oxygen atoms in total. The number of hydrogen-bond acceptors (Lipinski definition) is 4. The number of rotatable bonds is 3. The van der Waals surface area contributed by atoms with Gasteiger partial charge in [0.25, 0.3) is 0 Å². The minimum atomic E-state index is 0.104. The van der Waals surface area contributed by atoms with E-state index < -0.39 is 0 Å². The largest absolute Gasteiger partial charge is 0.508 e. The fourth-order valence-electron chi connectivity index (χ4n) is 2.56. The molecule has 4 N–H and O–H groups in total. The molecule has 1 aromatic rings. The first-order valence-electron chi connectivity index (χ1n) is 6.55. The molecule has 0 amide bonds. The number of aromatic hydroxyl groups is 2. The van der Waals surface area contributed by atoms with E-state index in [-0.39, 0.29) is 17.5 Å². The van der Waals surface area contributed by atoms with Crippen molar-refractivity contribution >= 4 is 0 Å². The molecule has 2 rings (SSSR count). The van der Waals surface area contributed by atoms with Gasteiger partial charge in [0.2, 0.25) is 0 Å². The van der Waals surface area contributed by atoms with Crippen molar-refractivity contribution < 1.29 is 10.2 Å². The van der Waals surface area contributed by atoms with E-state index in [2.05, 4.69) is 11.8 Å². The fourth-order valence-corrected chi connectivity index (χ4v) is 2.56. The third-order valence-electron chi connectivity index (χ3n) is 3.84. The summed E-state index contributed by atoms with van der Waals surface area (Å²) >= 11 is 0. The number of hydrogen-bond donors (Lipinski definition) is 3. The van der Waals surface area contributed by atoms with Crippen molar-refractivity contribution in [3.8, 4) is 11.5 Å². The molecule has 1 aliphatic heterocycles. The predicted octanol–water partition coefficient (Wildman–Crippen LogP) is 1.66. The zero-order chi connectivity index (χ0) is 13.1. The Morgan fingerprint density at radius 1 is 1.33 bits per heavy atom. The third kappa shape index (κ3) is 3.15. The average molecular weight is 250 g/mol. The molecule has 0 saturated carbocycles. The molecule has 1 aromatic carbocycles. The summed E-state index contributed by atoms with van der Waals surface area (Å²) in [4.78, 5) is 2.32. The van der Waals surface area contributed by atoms with Gasteiger partial charge in [-0.3, -0.25) is 4.90 Å². The maximum atomic E-state index is 9.76. The zero-order valence-corrected chi connectivity index (χ0v) is 10.8. The van der Waals surface area contributed by atoms with Gasteiger partial charge < -0.3 is 15.9 Å². The topological polar surface area (TPSA) is 69.7 Å². The monoisotopic (exact) mass is 250 g/mol. The van der Waals surface area contributed by atoms with Crippen molar-refractivity contribution in [1.82, 2.24) is 4.90 Å². The summed E-state index contributed by atoms with van der Waals surface area (Å²) in [5.41, 5.74) is 6.79. The van der Waals surface area contributed by atoms with E-state index in [0.717, 1.165) is 38.0 Å². The van der Waals surface area contributed by atoms with E-state index in [1.54, 1.807) is 12.1 Å². The van der Waals surface area contributed by atoms with Gasteiger partial charge in [-0.25, -0.2) is 0 Å². The molecular formula is C14H22N2O2. The van der Waals surface area contributed by atoms with Gasteiger partial charge in [0.15, 0.2) is 0 Å². The number of likely N-dealkylation sites (tertiary alicyclic amines) is 1. The van der Waals surface area contributed by atoms with E-state index in [1.807, 2.05) is 0 Å². The molecule has 1 unspecified atom stereocenters. The van der Waals surface area contributed by atoms with Gasteiger partial charge in [-0.2, -0.15) is 0 Å². The van der Waals surface area contributed by atoms with Crippen molar-refractivity contribution in [2.24, 2.45) is 11.7 Å². The number of nitrogens with zero attached hydrogens (tertiary/aromatic N) is 1. The van der Waals surface area contributed by atoms with Crippen molar-refractivity contribution in [3.05, 3.63) is 23.8 Å². The lowest BCUT2D eigenvalue weighted by atomic mass is 9.91. The molecule has 100 valence electrons. The Kier molecular flexibility index (Phi) is 4.09. The van der Waals surface area contributed by atoms with Gasteiger partial charge in [-0.15, -0.1) is 0 Å². The van der Waals surface area contributed by atoms with Crippen LogP contribution < -0.4 is 5.73 Å². The Labute approximate surface area is 108 Å². The van der Waals surface area contributed by atoms with E-state index in [9.17, 15) is 10.2 Å². The standard InChI is InChI=1S/C14H22N2O2/c1-10(15)11-4-6-16(7-5-11)9-12-2-3-13(17)8-14(12)18/h2-3,8,10-11,17-18H,4-7,9,15H2,1H3. The number of phenolic OH excluding ortho intramolecular Hbond substituents is 2. The summed E-state index contributed by atoms with van der Waals surface area (Å²) in [6.07, 6.45) is 2.24. The van der Waals surface area contributed by atoms with Crippen LogP contribution in [0.25, 0.3) is 0 Å². The van der Waals surface area contributed by atoms with Crippen LogP contribution in [0, 0.1) is 5.92 Å². The highest BCUT2D eigenvalue weighted by atomic mass is 16.3. The van der Waals surface area contributed by atoms with Gasteiger partial charge in [0, 0.05) is 24.2 Å². The lowest BCUT2D eigenvalue weighted by molar-refractivity contribution is 0.164. The second kappa shape index (κ2) is 5.59. The minimum Gasteiger partial charge on any atom is -0.508 e. The van der Waals surface area contributed by atoms with Gasteiger partial charge in [0.1, 0.15) is 11.5 Å². The molecule has 0 aliphatic carbocycles. The lowest BCUT2D eigenvalue weighted by Gasteiger charge is -2.33. The highest BCUT2D eigenvalue weighted by Gasteiger charge is 2.22. The summed E-state index contributed by atoms with van der Waals surface area (Å²) in [5, 5.41) is 19.0. The molecule has 1 aliphatic rings. The second-order valence-corrected chi connectivity index (χ2v) is 5.29. The van der Waals surface area contributed by atoms with Crippen LogP contribution in [0.15, 0.2) is 18.2 Å². The molecular weight excluding hydrogens is 228 g/mol. The normalized spacial score (nSPS) is 19.9. The molecule has 0 spiro atoms. The summed E-state index contributed by atoms with van der Waals surface area (Å²) in [5.74, 6) is 0.894.